The maximum Gasteiger partial charge on any atom is 0.326 e. The first-order chi connectivity index (χ1) is 23.6. The Balaban J connectivity index is 2.24. The van der Waals surface area contributed by atoms with Gasteiger partial charge in [0.1, 0.15) is 28.7 Å². The van der Waals surface area contributed by atoms with Gasteiger partial charge in [-0.1, -0.05) is 82.2 Å². The van der Waals surface area contributed by atoms with Crippen molar-refractivity contribution in [1.82, 2.24) is 15.5 Å². The van der Waals surface area contributed by atoms with Gasteiger partial charge in [-0.15, -0.1) is 11.8 Å². The van der Waals surface area contributed by atoms with E-state index in [4.69, 9.17) is 14.2 Å². The lowest BCUT2D eigenvalue weighted by atomic mass is 10.0. The molecule has 3 atom stereocenters. The summed E-state index contributed by atoms with van der Waals surface area (Å²) in [6, 6.07) is 8.74. The first-order valence-corrected chi connectivity index (χ1v) is 19.7. The fraction of sp³-hybridized carbons (Fsp3) is 0.744. The Morgan fingerprint density at radius 2 is 1.50 bits per heavy atom. The van der Waals surface area contributed by atoms with E-state index in [0.29, 0.717) is 25.1 Å². The summed E-state index contributed by atoms with van der Waals surface area (Å²) in [4.78, 5) is 53.4. The predicted octanol–water partition coefficient (Wildman–Crippen LogP) is 6.89. The minimum atomic E-state index is -0.883. The summed E-state index contributed by atoms with van der Waals surface area (Å²) in [5, 5.41) is 7.15. The number of carbonyl (C=O) groups excluding carboxylic acids is 4. The van der Waals surface area contributed by atoms with Gasteiger partial charge in [-0.25, -0.2) is 0 Å². The number of thioether (sulfide) groups is 1. The number of rotatable bonds is 21. The highest BCUT2D eigenvalue weighted by Gasteiger charge is 2.45. The molecule has 1 heterocycles. The van der Waals surface area contributed by atoms with Crippen molar-refractivity contribution in [1.29, 1.82) is 0 Å². The fourth-order valence-electron chi connectivity index (χ4n) is 5.91. The third-order valence-electron chi connectivity index (χ3n) is 8.19. The smallest absolute Gasteiger partial charge is 0.326 e. The summed E-state index contributed by atoms with van der Waals surface area (Å²) in [6.07, 6.45) is 9.63. The van der Waals surface area contributed by atoms with Gasteiger partial charge in [0.2, 0.25) is 5.91 Å². The van der Waals surface area contributed by atoms with Crippen molar-refractivity contribution in [3.05, 3.63) is 35.9 Å². The third-order valence-corrected chi connectivity index (χ3v) is 9.67. The molecule has 0 saturated carbocycles. The number of nitrogens with zero attached hydrogens (tertiary/aromatic N) is 1. The first kappa shape index (κ1) is 43.5. The number of hydrogen-bond acceptors (Lipinski definition) is 10. The lowest BCUT2D eigenvalue weighted by molar-refractivity contribution is -0.159. The Morgan fingerprint density at radius 1 is 0.880 bits per heavy atom. The van der Waals surface area contributed by atoms with Crippen LogP contribution in [0.4, 0.5) is 0 Å². The summed E-state index contributed by atoms with van der Waals surface area (Å²) in [6.45, 7) is 15.9. The molecule has 1 aromatic carbocycles. The lowest BCUT2D eigenvalue weighted by Gasteiger charge is -2.39. The van der Waals surface area contributed by atoms with Gasteiger partial charge in [-0.05, 0) is 79.8 Å². The number of hydrogen-bond donors (Lipinski definition) is 2. The molecule has 0 aromatic heterocycles. The van der Waals surface area contributed by atoms with E-state index in [-0.39, 0.29) is 37.5 Å². The molecular weight excluding hydrogens is 655 g/mol. The van der Waals surface area contributed by atoms with E-state index in [1.54, 1.807) is 23.6 Å². The molecule has 50 heavy (non-hydrogen) atoms. The minimum absolute atomic E-state index is 0.161. The van der Waals surface area contributed by atoms with E-state index in [9.17, 15) is 19.2 Å². The second-order valence-corrected chi connectivity index (χ2v) is 16.5. The van der Waals surface area contributed by atoms with Crippen molar-refractivity contribution in [3.63, 3.8) is 0 Å². The van der Waals surface area contributed by atoms with Gasteiger partial charge in [0.25, 0.3) is 0 Å². The molecule has 1 aliphatic rings. The average Bonchev–Trinajstić information content (AvgIpc) is 3.15. The van der Waals surface area contributed by atoms with Crippen molar-refractivity contribution in [2.24, 2.45) is 0 Å². The molecule has 2 N–H and O–H groups in total. The molecule has 10 nitrogen and oxygen atoms in total. The maximum atomic E-state index is 14.2. The van der Waals surface area contributed by atoms with Crippen LogP contribution in [0.1, 0.15) is 132 Å². The standard InChI is InChI=1S/C39H65N3O7S/c1-9-11-12-19-24-31(36(46)47-10-2)41-39(30-22-17-16-18-23-30)29-42(27-34(44)49-38(6,7)8)35(45)32(28-50-39)40-26-21-15-13-14-20-25-33(43)48-37(3,4)5/h16-18,22-23,31-32,40-41H,9-15,19-21,24-29H2,1-8H3/t31-,32-,39-/m0/s1. The van der Waals surface area contributed by atoms with Crippen LogP contribution < -0.4 is 10.6 Å². The van der Waals surface area contributed by atoms with E-state index in [1.165, 1.54) is 0 Å². The highest BCUT2D eigenvalue weighted by Crippen LogP contribution is 2.39. The van der Waals surface area contributed by atoms with Crippen LogP contribution >= 0.6 is 11.8 Å². The topological polar surface area (TPSA) is 123 Å². The van der Waals surface area contributed by atoms with E-state index in [0.717, 1.165) is 63.4 Å². The highest BCUT2D eigenvalue weighted by atomic mass is 32.2. The zero-order valence-electron chi connectivity index (χ0n) is 32.1. The van der Waals surface area contributed by atoms with Crippen molar-refractivity contribution >= 4 is 35.6 Å². The molecule has 0 bridgehead atoms. The molecule has 284 valence electrons. The van der Waals surface area contributed by atoms with Crippen molar-refractivity contribution in [2.45, 2.75) is 154 Å². The number of ether oxygens (including phenoxy) is 3. The normalized spacial score (nSPS) is 19.1. The van der Waals surface area contributed by atoms with Crippen molar-refractivity contribution in [3.8, 4) is 0 Å². The third kappa shape index (κ3) is 16.6. The number of unbranched alkanes of at least 4 members (excludes halogenated alkanes) is 7. The van der Waals surface area contributed by atoms with Crippen LogP contribution in [0.15, 0.2) is 30.3 Å². The molecule has 11 heteroatoms. The van der Waals surface area contributed by atoms with Gasteiger partial charge in [-0.2, -0.15) is 0 Å². The monoisotopic (exact) mass is 719 g/mol. The minimum Gasteiger partial charge on any atom is -0.465 e. The molecule has 0 spiro atoms. The number of nitrogens with one attached hydrogen (secondary N) is 2. The van der Waals surface area contributed by atoms with Crippen LogP contribution in [0.3, 0.4) is 0 Å². The number of amides is 1. The largest absolute Gasteiger partial charge is 0.465 e. The summed E-state index contributed by atoms with van der Waals surface area (Å²) in [7, 11) is 0. The predicted molar refractivity (Wildman–Crippen MR) is 201 cm³/mol. The maximum absolute atomic E-state index is 14.2. The average molecular weight is 720 g/mol. The van der Waals surface area contributed by atoms with Gasteiger partial charge >= 0.3 is 17.9 Å². The molecule has 0 radical (unpaired) electrons. The summed E-state index contributed by atoms with van der Waals surface area (Å²) < 4.78 is 16.6. The van der Waals surface area contributed by atoms with E-state index in [2.05, 4.69) is 17.6 Å². The van der Waals surface area contributed by atoms with E-state index >= 15 is 0 Å². The molecule has 1 aliphatic heterocycles. The second-order valence-electron chi connectivity index (χ2n) is 15.2. The lowest BCUT2D eigenvalue weighted by Crippen LogP contribution is -2.56. The van der Waals surface area contributed by atoms with Crippen molar-refractivity contribution < 1.29 is 33.4 Å². The van der Waals surface area contributed by atoms with Gasteiger partial charge in [0, 0.05) is 12.2 Å². The Kier molecular flexibility index (Phi) is 18.9. The quantitative estimate of drug-likeness (QED) is 0.0789. The zero-order valence-corrected chi connectivity index (χ0v) is 32.9. The molecular formula is C39H65N3O7S. The number of esters is 3. The molecule has 0 unspecified atom stereocenters. The van der Waals surface area contributed by atoms with Crippen LogP contribution in [-0.4, -0.2) is 84.0 Å². The Bertz CT molecular complexity index is 1180. The number of carbonyl (C=O) groups is 4. The van der Waals surface area contributed by atoms with Crippen molar-refractivity contribution in [2.75, 3.05) is 32.0 Å². The fourth-order valence-corrected chi connectivity index (χ4v) is 7.40. The molecule has 1 saturated heterocycles. The van der Waals surface area contributed by atoms with Gasteiger partial charge in [-0.3, -0.25) is 24.5 Å². The second kappa shape index (κ2) is 21.7. The molecule has 2 rings (SSSR count). The van der Waals surface area contributed by atoms with Crippen LogP contribution in [0.5, 0.6) is 0 Å². The van der Waals surface area contributed by atoms with Crippen LogP contribution in [0.2, 0.25) is 0 Å². The van der Waals surface area contributed by atoms with E-state index in [1.807, 2.05) is 71.9 Å². The Labute approximate surface area is 305 Å². The van der Waals surface area contributed by atoms with E-state index < -0.39 is 34.1 Å². The Morgan fingerprint density at radius 3 is 2.14 bits per heavy atom. The van der Waals surface area contributed by atoms with Crippen LogP contribution in [-0.2, 0) is 38.3 Å². The molecule has 1 amide bonds. The molecule has 0 aliphatic carbocycles. The van der Waals surface area contributed by atoms with Crippen LogP contribution in [0.25, 0.3) is 0 Å². The van der Waals surface area contributed by atoms with Gasteiger partial charge in [0.05, 0.1) is 19.2 Å². The summed E-state index contributed by atoms with van der Waals surface area (Å²) in [5.74, 6) is -0.685. The zero-order chi connectivity index (χ0) is 37.2. The molecule has 1 fully saturated rings. The van der Waals surface area contributed by atoms with Gasteiger partial charge < -0.3 is 24.4 Å². The first-order valence-electron chi connectivity index (χ1n) is 18.7. The van der Waals surface area contributed by atoms with Gasteiger partial charge in [0.15, 0.2) is 0 Å². The summed E-state index contributed by atoms with van der Waals surface area (Å²) in [5.41, 5.74) is -0.248. The SMILES string of the molecule is CCCCCC[C@H](N[C@@]1(c2ccccc2)CN(CC(=O)OC(C)(C)C)C(=O)[C@@H](NCCCCCCCC(=O)OC(C)(C)C)CS1)C(=O)OCC. The highest BCUT2D eigenvalue weighted by molar-refractivity contribution is 8.00. The molecule has 1 aromatic rings. The Hall–Kier alpha value is -2.63. The van der Waals surface area contributed by atoms with Crippen LogP contribution in [0, 0.1) is 0 Å². The number of benzene rings is 1. The summed E-state index contributed by atoms with van der Waals surface area (Å²) >= 11 is 1.59.